The Morgan fingerprint density at radius 2 is 1.86 bits per heavy atom. The maximum Gasteiger partial charge on any atom is 0.254 e. The van der Waals surface area contributed by atoms with Gasteiger partial charge in [0.2, 0.25) is 0 Å². The summed E-state index contributed by atoms with van der Waals surface area (Å²) in [4.78, 5) is 23.8. The van der Waals surface area contributed by atoms with Crippen LogP contribution in [0.4, 0.5) is 0 Å². The van der Waals surface area contributed by atoms with Gasteiger partial charge >= 0.3 is 0 Å². The van der Waals surface area contributed by atoms with Gasteiger partial charge in [0.15, 0.2) is 0 Å². The number of halogens is 2. The van der Waals surface area contributed by atoms with Gasteiger partial charge in [0.05, 0.1) is 18.7 Å². The van der Waals surface area contributed by atoms with Crippen LogP contribution in [0.2, 0.25) is 0 Å². The second-order valence-electron chi connectivity index (χ2n) is 4.89. The van der Waals surface area contributed by atoms with E-state index in [0.717, 1.165) is 25.7 Å². The van der Waals surface area contributed by atoms with Gasteiger partial charge in [-0.1, -0.05) is 33.1 Å². The summed E-state index contributed by atoms with van der Waals surface area (Å²) in [6, 6.07) is 0. The molecule has 0 aliphatic rings. The van der Waals surface area contributed by atoms with E-state index in [2.05, 4.69) is 51.0 Å². The lowest BCUT2D eigenvalue weighted by atomic mass is 9.99. The summed E-state index contributed by atoms with van der Waals surface area (Å²) < 4.78 is 1.19. The average Bonchev–Trinajstić information content (AvgIpc) is 2.73. The Hall–Kier alpha value is -0.400. The normalized spacial score (nSPS) is 12.2. The smallest absolute Gasteiger partial charge is 0.254 e. The lowest BCUT2D eigenvalue weighted by molar-refractivity contribution is 0.0929. The zero-order valence-electron chi connectivity index (χ0n) is 12.2. The third-order valence-corrected chi connectivity index (χ3v) is 5.92. The molecule has 1 atom stereocenters. The summed E-state index contributed by atoms with van der Waals surface area (Å²) in [7, 11) is 0. The van der Waals surface area contributed by atoms with Crippen LogP contribution in [0.25, 0.3) is 0 Å². The number of carbonyl (C=O) groups excluding carboxylic acids is 2. The predicted octanol–water partition coefficient (Wildman–Crippen LogP) is 4.32. The van der Waals surface area contributed by atoms with Crippen LogP contribution in [0, 0.1) is 5.92 Å². The van der Waals surface area contributed by atoms with Crippen LogP contribution in [0.1, 0.15) is 60.2 Å². The predicted molar refractivity (Wildman–Crippen MR) is 93.9 cm³/mol. The molecule has 0 fully saturated rings. The highest BCUT2D eigenvalue weighted by atomic mass is 79.9. The van der Waals surface area contributed by atoms with Crippen molar-refractivity contribution in [3.63, 3.8) is 0 Å². The molecule has 1 rings (SSSR count). The van der Waals surface area contributed by atoms with Crippen LogP contribution in [0.15, 0.2) is 7.57 Å². The Morgan fingerprint density at radius 3 is 2.38 bits per heavy atom. The number of nitrogens with two attached hydrogens (primary N) is 1. The molecule has 0 aliphatic heterocycles. The number of nitrogens with one attached hydrogen (secondary N) is 1. The minimum atomic E-state index is -0.605. The van der Waals surface area contributed by atoms with Crippen molar-refractivity contribution in [1.29, 1.82) is 0 Å². The fraction of sp³-hybridized carbons (Fsp3) is 0.571. The Kier molecular flexibility index (Phi) is 7.90. The van der Waals surface area contributed by atoms with Gasteiger partial charge < -0.3 is 11.1 Å². The van der Waals surface area contributed by atoms with Gasteiger partial charge in [-0.25, -0.2) is 0 Å². The number of rotatable bonds is 8. The van der Waals surface area contributed by atoms with Crippen molar-refractivity contribution >= 4 is 55.0 Å². The number of hydrogen-bond donors (Lipinski definition) is 2. The molecule has 0 bridgehead atoms. The molecule has 21 heavy (non-hydrogen) atoms. The van der Waals surface area contributed by atoms with Crippen molar-refractivity contribution in [1.82, 2.24) is 5.32 Å². The Morgan fingerprint density at radius 1 is 1.24 bits per heavy atom. The van der Waals surface area contributed by atoms with Gasteiger partial charge in [0.25, 0.3) is 11.8 Å². The lowest BCUT2D eigenvalue weighted by Gasteiger charge is -2.15. The van der Waals surface area contributed by atoms with Crippen LogP contribution in [0.3, 0.4) is 0 Å². The molecule has 0 radical (unpaired) electrons. The van der Waals surface area contributed by atoms with Gasteiger partial charge in [-0.15, -0.1) is 11.3 Å². The molecule has 3 N–H and O–H groups in total. The van der Waals surface area contributed by atoms with Crippen LogP contribution in [0.5, 0.6) is 0 Å². The number of unbranched alkanes of at least 4 members (excludes halogenated alkanes) is 1. The minimum Gasteiger partial charge on any atom is -0.366 e. The van der Waals surface area contributed by atoms with E-state index in [1.165, 1.54) is 11.3 Å². The highest BCUT2D eigenvalue weighted by molar-refractivity contribution is 9.12. The van der Waals surface area contributed by atoms with E-state index >= 15 is 0 Å². The highest BCUT2D eigenvalue weighted by Gasteiger charge is 2.25. The van der Waals surface area contributed by atoms with E-state index in [9.17, 15) is 9.59 Å². The SMILES string of the molecule is CCCCC(CC)CNC(=O)c1c(Br)sc(Br)c1C(N)=O. The van der Waals surface area contributed by atoms with Gasteiger partial charge in [-0.05, 0) is 44.2 Å². The summed E-state index contributed by atoms with van der Waals surface area (Å²) in [5.74, 6) is -0.397. The number of hydrogen-bond acceptors (Lipinski definition) is 3. The van der Waals surface area contributed by atoms with Crippen LogP contribution < -0.4 is 11.1 Å². The van der Waals surface area contributed by atoms with E-state index < -0.39 is 5.91 Å². The molecule has 1 heterocycles. The van der Waals surface area contributed by atoms with E-state index in [-0.39, 0.29) is 11.5 Å². The summed E-state index contributed by atoms with van der Waals surface area (Å²) >= 11 is 7.87. The van der Waals surface area contributed by atoms with Crippen molar-refractivity contribution < 1.29 is 9.59 Å². The maximum absolute atomic E-state index is 12.3. The number of primary amides is 1. The molecule has 2 amide bonds. The maximum atomic E-state index is 12.3. The van der Waals surface area contributed by atoms with E-state index in [1.54, 1.807) is 0 Å². The largest absolute Gasteiger partial charge is 0.366 e. The molecule has 0 spiro atoms. The summed E-state index contributed by atoms with van der Waals surface area (Å²) in [6.45, 7) is 4.90. The first-order chi connectivity index (χ1) is 9.92. The number of carbonyl (C=O) groups is 2. The first-order valence-corrected chi connectivity index (χ1v) is 9.38. The number of amides is 2. The van der Waals surface area contributed by atoms with Crippen LogP contribution in [-0.4, -0.2) is 18.4 Å². The molecular formula is C14H20Br2N2O2S. The van der Waals surface area contributed by atoms with Crippen molar-refractivity contribution in [3.05, 3.63) is 18.7 Å². The summed E-state index contributed by atoms with van der Waals surface area (Å²) in [6.07, 6.45) is 4.44. The fourth-order valence-corrected chi connectivity index (χ4v) is 5.22. The van der Waals surface area contributed by atoms with Crippen LogP contribution in [-0.2, 0) is 0 Å². The zero-order valence-corrected chi connectivity index (χ0v) is 16.2. The van der Waals surface area contributed by atoms with E-state index in [1.807, 2.05) is 0 Å². The second kappa shape index (κ2) is 8.90. The average molecular weight is 440 g/mol. The molecule has 4 nitrogen and oxygen atoms in total. The Balaban J connectivity index is 2.78. The second-order valence-corrected chi connectivity index (χ2v) is 8.55. The first-order valence-electron chi connectivity index (χ1n) is 6.98. The monoisotopic (exact) mass is 438 g/mol. The topological polar surface area (TPSA) is 72.2 Å². The minimum absolute atomic E-state index is 0.242. The van der Waals surface area contributed by atoms with E-state index in [0.29, 0.717) is 25.6 Å². The lowest BCUT2D eigenvalue weighted by Crippen LogP contribution is -2.30. The van der Waals surface area contributed by atoms with Crippen molar-refractivity contribution in [3.8, 4) is 0 Å². The number of thiophene rings is 1. The quantitative estimate of drug-likeness (QED) is 0.632. The molecular weight excluding hydrogens is 420 g/mol. The highest BCUT2D eigenvalue weighted by Crippen LogP contribution is 2.36. The molecule has 1 aromatic rings. The van der Waals surface area contributed by atoms with Gasteiger partial charge in [-0.2, -0.15) is 0 Å². The molecule has 0 aromatic carbocycles. The van der Waals surface area contributed by atoms with Crippen molar-refractivity contribution in [2.45, 2.75) is 39.5 Å². The van der Waals surface area contributed by atoms with Gasteiger partial charge in [0, 0.05) is 6.54 Å². The van der Waals surface area contributed by atoms with Crippen molar-refractivity contribution in [2.24, 2.45) is 11.7 Å². The van der Waals surface area contributed by atoms with Crippen LogP contribution >= 0.6 is 43.2 Å². The molecule has 118 valence electrons. The molecule has 0 saturated carbocycles. The summed E-state index contributed by atoms with van der Waals surface area (Å²) in [5.41, 5.74) is 5.92. The standard InChI is InChI=1S/C14H20Br2N2O2S/c1-3-5-6-8(4-2)7-18-14(20)10-9(13(17)19)11(15)21-12(10)16/h8H,3-7H2,1-2H3,(H2,17,19)(H,18,20). The third-order valence-electron chi connectivity index (χ3n) is 3.39. The van der Waals surface area contributed by atoms with Gasteiger partial charge in [0.1, 0.15) is 0 Å². The molecule has 1 aromatic heterocycles. The van der Waals surface area contributed by atoms with Gasteiger partial charge in [-0.3, -0.25) is 9.59 Å². The van der Waals surface area contributed by atoms with E-state index in [4.69, 9.17) is 5.73 Å². The molecule has 1 unspecified atom stereocenters. The summed E-state index contributed by atoms with van der Waals surface area (Å²) in [5, 5.41) is 2.92. The molecule has 7 heteroatoms. The zero-order chi connectivity index (χ0) is 16.0. The molecule has 0 aliphatic carbocycles. The third kappa shape index (κ3) is 5.07. The van der Waals surface area contributed by atoms with Crippen molar-refractivity contribution in [2.75, 3.05) is 6.54 Å². The fourth-order valence-electron chi connectivity index (χ4n) is 2.07. The Bertz CT molecular complexity index is 517. The Labute approximate surface area is 146 Å². The molecule has 0 saturated heterocycles. The first kappa shape index (κ1) is 18.6.